The van der Waals surface area contributed by atoms with Crippen LogP contribution in [-0.4, -0.2) is 30.1 Å². The van der Waals surface area contributed by atoms with Gasteiger partial charge >= 0.3 is 5.69 Å². The van der Waals surface area contributed by atoms with Gasteiger partial charge in [0, 0.05) is 6.07 Å². The molecule has 1 aromatic carbocycles. The number of benzene rings is 1. The van der Waals surface area contributed by atoms with Gasteiger partial charge in [-0.25, -0.2) is 9.89 Å². The van der Waals surface area contributed by atoms with Crippen LogP contribution in [0, 0.1) is 5.92 Å². The number of aromatic nitrogens is 5. The summed E-state index contributed by atoms with van der Waals surface area (Å²) in [7, 11) is 0. The summed E-state index contributed by atoms with van der Waals surface area (Å²) in [6.45, 7) is 0. The standard InChI is InChI=1S/C19H18Cl2N6O5/c20-11-5-9(27-19(31)23-18(30)16(22)26-27)6-12(21)15(11)32-13-7-10(17(29)25-24-13)14(28)8-3-1-2-4-8/h5-8,14,28H,1-4H2,(H2,22,26)(H,25,29)(H,23,30,31). The molecule has 3 aromatic rings. The Kier molecular flexibility index (Phi) is 6.04. The molecule has 0 radical (unpaired) electrons. The number of ether oxygens (including phenoxy) is 1. The van der Waals surface area contributed by atoms with Crippen LogP contribution in [0.15, 0.2) is 32.6 Å². The Morgan fingerprint density at radius 1 is 1.12 bits per heavy atom. The molecule has 5 N–H and O–H groups in total. The van der Waals surface area contributed by atoms with Crippen LogP contribution < -0.4 is 27.3 Å². The summed E-state index contributed by atoms with van der Waals surface area (Å²) in [5.74, 6) is -0.448. The lowest BCUT2D eigenvalue weighted by molar-refractivity contribution is 0.110. The van der Waals surface area contributed by atoms with E-state index in [-0.39, 0.29) is 38.8 Å². The van der Waals surface area contributed by atoms with Crippen molar-refractivity contribution in [3.05, 3.63) is 65.0 Å². The summed E-state index contributed by atoms with van der Waals surface area (Å²) in [5, 5.41) is 20.5. The molecule has 4 rings (SSSR count). The molecule has 32 heavy (non-hydrogen) atoms. The topological polar surface area (TPSA) is 169 Å². The smallest absolute Gasteiger partial charge is 0.349 e. The second-order valence-corrected chi connectivity index (χ2v) is 8.19. The van der Waals surface area contributed by atoms with Gasteiger partial charge in [-0.15, -0.1) is 10.2 Å². The molecule has 1 aliphatic rings. The van der Waals surface area contributed by atoms with Crippen LogP contribution in [0.4, 0.5) is 5.82 Å². The van der Waals surface area contributed by atoms with E-state index in [0.717, 1.165) is 30.4 Å². The number of hydrogen-bond acceptors (Lipinski definition) is 8. The van der Waals surface area contributed by atoms with Gasteiger partial charge in [0.2, 0.25) is 11.7 Å². The zero-order chi connectivity index (χ0) is 23.0. The summed E-state index contributed by atoms with van der Waals surface area (Å²) >= 11 is 12.6. The van der Waals surface area contributed by atoms with E-state index in [9.17, 15) is 19.5 Å². The number of hydrogen-bond donors (Lipinski definition) is 4. The molecule has 0 amide bonds. The van der Waals surface area contributed by atoms with Gasteiger partial charge in [-0.2, -0.15) is 4.68 Å². The Hall–Kier alpha value is -3.15. The minimum atomic E-state index is -0.941. The highest BCUT2D eigenvalue weighted by Crippen LogP contribution is 2.39. The van der Waals surface area contributed by atoms with Crippen molar-refractivity contribution in [1.82, 2.24) is 25.0 Å². The first-order valence-corrected chi connectivity index (χ1v) is 10.4. The Labute approximate surface area is 189 Å². The molecule has 2 heterocycles. The number of H-pyrrole nitrogens is 2. The number of aliphatic hydroxyl groups excluding tert-OH is 1. The van der Waals surface area contributed by atoms with Crippen molar-refractivity contribution < 1.29 is 9.84 Å². The largest absolute Gasteiger partial charge is 0.434 e. The molecule has 0 bridgehead atoms. The van der Waals surface area contributed by atoms with Crippen LogP contribution in [0.2, 0.25) is 10.0 Å². The van der Waals surface area contributed by atoms with Crippen LogP contribution in [0.5, 0.6) is 11.6 Å². The van der Waals surface area contributed by atoms with Crippen LogP contribution in [-0.2, 0) is 0 Å². The van der Waals surface area contributed by atoms with Gasteiger partial charge in [0.1, 0.15) is 0 Å². The number of nitrogens with one attached hydrogen (secondary N) is 2. The molecule has 1 unspecified atom stereocenters. The Morgan fingerprint density at radius 3 is 2.44 bits per heavy atom. The first-order valence-electron chi connectivity index (χ1n) is 9.68. The van der Waals surface area contributed by atoms with Gasteiger partial charge < -0.3 is 15.6 Å². The van der Waals surface area contributed by atoms with Crippen molar-refractivity contribution in [3.8, 4) is 17.3 Å². The Bertz CT molecular complexity index is 1320. The average Bonchev–Trinajstić information content (AvgIpc) is 3.29. The van der Waals surface area contributed by atoms with E-state index in [0.29, 0.717) is 0 Å². The lowest BCUT2D eigenvalue weighted by Crippen LogP contribution is -2.33. The zero-order valence-electron chi connectivity index (χ0n) is 16.5. The highest BCUT2D eigenvalue weighted by atomic mass is 35.5. The van der Waals surface area contributed by atoms with E-state index in [1.807, 2.05) is 4.98 Å². The van der Waals surface area contributed by atoms with Gasteiger partial charge in [0.15, 0.2) is 5.75 Å². The van der Waals surface area contributed by atoms with Crippen molar-refractivity contribution in [2.45, 2.75) is 31.8 Å². The van der Waals surface area contributed by atoms with Crippen molar-refractivity contribution in [1.29, 1.82) is 0 Å². The third-order valence-corrected chi connectivity index (χ3v) is 5.82. The summed E-state index contributed by atoms with van der Waals surface area (Å²) in [6, 6.07) is 4.00. The maximum Gasteiger partial charge on any atom is 0.349 e. The number of aromatic amines is 2. The highest BCUT2D eigenvalue weighted by molar-refractivity contribution is 6.37. The summed E-state index contributed by atoms with van der Waals surface area (Å²) in [5.41, 5.74) is 3.58. The molecule has 1 fully saturated rings. The van der Waals surface area contributed by atoms with E-state index in [1.54, 1.807) is 0 Å². The van der Waals surface area contributed by atoms with Crippen LogP contribution in [0.1, 0.15) is 37.4 Å². The van der Waals surface area contributed by atoms with Crippen molar-refractivity contribution in [2.75, 3.05) is 5.73 Å². The predicted octanol–water partition coefficient (Wildman–Crippen LogP) is 1.91. The van der Waals surface area contributed by atoms with E-state index < -0.39 is 28.7 Å². The molecular formula is C19H18Cl2N6O5. The fourth-order valence-corrected chi connectivity index (χ4v) is 4.21. The SMILES string of the molecule is Nc1nn(-c2cc(Cl)c(Oc3cc(C(O)C4CCCC4)c(=O)[nH]n3)c(Cl)c2)c(=O)[nH]c1=O. The molecule has 168 valence electrons. The molecule has 13 heteroatoms. The fraction of sp³-hybridized carbons (Fsp3) is 0.316. The summed E-state index contributed by atoms with van der Waals surface area (Å²) in [6.07, 6.45) is 2.74. The number of nitrogen functional groups attached to an aromatic ring is 1. The number of nitrogens with zero attached hydrogens (tertiary/aromatic N) is 3. The van der Waals surface area contributed by atoms with Crippen molar-refractivity contribution in [2.24, 2.45) is 5.92 Å². The van der Waals surface area contributed by atoms with E-state index >= 15 is 0 Å². The molecule has 0 saturated heterocycles. The Morgan fingerprint density at radius 2 is 1.78 bits per heavy atom. The van der Waals surface area contributed by atoms with E-state index in [2.05, 4.69) is 15.3 Å². The van der Waals surface area contributed by atoms with Crippen molar-refractivity contribution >= 4 is 29.0 Å². The third-order valence-electron chi connectivity index (χ3n) is 5.26. The molecule has 11 nitrogen and oxygen atoms in total. The number of anilines is 1. The van der Waals surface area contributed by atoms with Gasteiger partial charge in [0.25, 0.3) is 11.1 Å². The fourth-order valence-electron chi connectivity index (χ4n) is 3.66. The quantitative estimate of drug-likeness (QED) is 0.428. The Balaban J connectivity index is 1.66. The lowest BCUT2D eigenvalue weighted by Gasteiger charge is -2.17. The first-order chi connectivity index (χ1) is 15.2. The van der Waals surface area contributed by atoms with Crippen LogP contribution in [0.25, 0.3) is 5.69 Å². The third kappa shape index (κ3) is 4.27. The predicted molar refractivity (Wildman–Crippen MR) is 117 cm³/mol. The zero-order valence-corrected chi connectivity index (χ0v) is 18.0. The number of rotatable bonds is 5. The number of halogens is 2. The van der Waals surface area contributed by atoms with Gasteiger partial charge in [0.05, 0.1) is 27.4 Å². The van der Waals surface area contributed by atoms with Gasteiger partial charge in [-0.3, -0.25) is 14.6 Å². The number of aliphatic hydroxyl groups is 1. The second-order valence-electron chi connectivity index (χ2n) is 7.38. The molecule has 1 aliphatic carbocycles. The maximum absolute atomic E-state index is 12.2. The minimum absolute atomic E-state index is 0.00290. The van der Waals surface area contributed by atoms with E-state index in [4.69, 9.17) is 33.7 Å². The average molecular weight is 481 g/mol. The van der Waals surface area contributed by atoms with Crippen LogP contribution >= 0.6 is 23.2 Å². The lowest BCUT2D eigenvalue weighted by atomic mass is 9.96. The molecule has 0 aliphatic heterocycles. The summed E-state index contributed by atoms with van der Waals surface area (Å²) < 4.78 is 6.49. The second kappa shape index (κ2) is 8.77. The van der Waals surface area contributed by atoms with Gasteiger partial charge in [-0.1, -0.05) is 36.0 Å². The maximum atomic E-state index is 12.2. The highest BCUT2D eigenvalue weighted by Gasteiger charge is 2.27. The monoisotopic (exact) mass is 480 g/mol. The van der Waals surface area contributed by atoms with Crippen molar-refractivity contribution in [3.63, 3.8) is 0 Å². The van der Waals surface area contributed by atoms with E-state index in [1.165, 1.54) is 18.2 Å². The molecule has 0 spiro atoms. The summed E-state index contributed by atoms with van der Waals surface area (Å²) in [4.78, 5) is 37.7. The number of nitrogens with two attached hydrogens (primary N) is 1. The van der Waals surface area contributed by atoms with Crippen LogP contribution in [0.3, 0.4) is 0 Å². The molecular weight excluding hydrogens is 463 g/mol. The normalized spacial score (nSPS) is 15.1. The molecule has 1 saturated carbocycles. The van der Waals surface area contributed by atoms with Gasteiger partial charge in [-0.05, 0) is 30.9 Å². The first kappa shape index (κ1) is 22.1. The molecule has 2 aromatic heterocycles. The minimum Gasteiger partial charge on any atom is -0.434 e. The molecule has 1 atom stereocenters.